The van der Waals surface area contributed by atoms with Crippen molar-refractivity contribution in [2.75, 3.05) is 0 Å². The van der Waals surface area contributed by atoms with Crippen LogP contribution < -0.4 is 32.8 Å². The van der Waals surface area contributed by atoms with Crippen LogP contribution in [0.1, 0.15) is 0 Å². The van der Waals surface area contributed by atoms with Crippen molar-refractivity contribution in [3.05, 3.63) is 158 Å². The molecule has 0 atom stereocenters. The first-order valence-corrected chi connectivity index (χ1v) is 18.0. The van der Waals surface area contributed by atoms with E-state index < -0.39 is 0 Å². The third-order valence-corrected chi connectivity index (χ3v) is 10.5. The van der Waals surface area contributed by atoms with E-state index >= 15 is 0 Å². The lowest BCUT2D eigenvalue weighted by atomic mass is 9.65. The first-order valence-electron chi connectivity index (χ1n) is 18.0. The molecule has 0 spiro atoms. The first kappa shape index (κ1) is 34.7. The molecule has 12 radical (unpaired) electrons. The van der Waals surface area contributed by atoms with Crippen molar-refractivity contribution >= 4 is 102 Å². The van der Waals surface area contributed by atoms with Crippen molar-refractivity contribution < 1.29 is 4.42 Å². The molecule has 1 aromatic heterocycles. The Morgan fingerprint density at radius 3 is 1.09 bits per heavy atom. The zero-order valence-electron chi connectivity index (χ0n) is 29.9. The Hall–Kier alpha value is -6.05. The number of hydrogen-bond acceptors (Lipinski definition) is 1. The molecule has 0 aliphatic rings. The van der Waals surface area contributed by atoms with Gasteiger partial charge in [0.15, 0.2) is 0 Å². The van der Waals surface area contributed by atoms with Crippen LogP contribution in [0.4, 0.5) is 0 Å². The summed E-state index contributed by atoms with van der Waals surface area (Å²) in [7, 11) is 40.3. The molecule has 55 heavy (non-hydrogen) atoms. The van der Waals surface area contributed by atoms with Crippen molar-refractivity contribution in [3.8, 4) is 66.8 Å². The molecular weight excluding hydrogens is 657 g/mol. The summed E-state index contributed by atoms with van der Waals surface area (Å²) in [5.41, 5.74) is 14.0. The van der Waals surface area contributed by atoms with Gasteiger partial charge in [-0.1, -0.05) is 156 Å². The van der Waals surface area contributed by atoms with Gasteiger partial charge < -0.3 is 4.42 Å². The molecule has 9 aromatic rings. The van der Waals surface area contributed by atoms with Gasteiger partial charge in [-0.3, -0.25) is 0 Å². The van der Waals surface area contributed by atoms with Crippen LogP contribution in [0.3, 0.4) is 0 Å². The van der Waals surface area contributed by atoms with Gasteiger partial charge in [-0.15, -0.1) is 10.9 Å². The van der Waals surface area contributed by atoms with Gasteiger partial charge in [-0.25, -0.2) is 0 Å². The fourth-order valence-corrected chi connectivity index (χ4v) is 7.66. The summed E-state index contributed by atoms with van der Waals surface area (Å²) >= 11 is 0. The van der Waals surface area contributed by atoms with Gasteiger partial charge in [0, 0.05) is 10.8 Å². The molecule has 1 nitrogen and oxygen atoms in total. The Bertz CT molecular complexity index is 2780. The molecule has 1 heterocycles. The Labute approximate surface area is 329 Å². The first-order chi connectivity index (χ1) is 26.8. The summed E-state index contributed by atoms with van der Waals surface area (Å²) in [6, 6.07) is 54.2. The minimum Gasteiger partial charge on any atom is -0.457 e. The lowest BCUT2D eigenvalue weighted by molar-refractivity contribution is 0.675. The number of hydrogen-bond donors (Lipinski definition) is 0. The Kier molecular flexibility index (Phi) is 8.82. The monoisotopic (exact) mass is 684 g/mol. The number of rotatable bonds is 6. The average molecular weight is 684 g/mol. The minimum atomic E-state index is 0.158. The Balaban J connectivity index is 1.31. The number of fused-ring (bicyclic) bond motifs is 3. The van der Waals surface area contributed by atoms with Crippen LogP contribution in [0.15, 0.2) is 162 Å². The second-order valence-corrected chi connectivity index (χ2v) is 13.8. The highest BCUT2D eigenvalue weighted by Crippen LogP contribution is 2.39. The molecule has 9 rings (SSSR count). The molecule has 0 aliphatic heterocycles. The maximum absolute atomic E-state index is 7.32. The molecular formula is C48H26B6O. The lowest BCUT2D eigenvalue weighted by Crippen LogP contribution is -2.47. The van der Waals surface area contributed by atoms with Gasteiger partial charge in [0.1, 0.15) is 58.2 Å². The van der Waals surface area contributed by atoms with E-state index in [1.54, 1.807) is 0 Å². The van der Waals surface area contributed by atoms with Crippen molar-refractivity contribution in [2.24, 2.45) is 0 Å². The highest BCUT2D eigenvalue weighted by molar-refractivity contribution is 6.67. The van der Waals surface area contributed by atoms with E-state index in [2.05, 4.69) is 91.0 Å². The predicted octanol–water partition coefficient (Wildman–Crippen LogP) is 6.35. The molecule has 0 fully saturated rings. The molecule has 7 heteroatoms. The van der Waals surface area contributed by atoms with Gasteiger partial charge in [0.2, 0.25) is 0 Å². The summed E-state index contributed by atoms with van der Waals surface area (Å²) in [4.78, 5) is 0. The number of benzene rings is 8. The summed E-state index contributed by atoms with van der Waals surface area (Å²) < 4.78 is 6.53. The second kappa shape index (κ2) is 14.0. The standard InChI is InChI=1S/C48H26B6O/c49-41-37(33-14-8-3-9-15-33)39-40-42(50)44(52)45(53)46(54)48(40)55-47(39)43(51)38(41)36-25-34(31-20-16-29(17-21-31)27-10-4-1-5-11-27)24-35(26-36)32-22-18-30(19-23-32)28-12-6-2-7-13-28/h1-26H. The van der Waals surface area contributed by atoms with E-state index in [9.17, 15) is 0 Å². The average Bonchev–Trinajstić information content (AvgIpc) is 3.64. The molecule has 8 aromatic carbocycles. The SMILES string of the molecule is [B]c1c([B])c([B])c2c(oc3c([B])c(-c4cc(-c5ccc(-c6ccccc6)cc5)cc(-c5ccc(-c6ccccc6)cc5)c4)c([B])c(-c4ccccc4)c32)c1[B]. The second-order valence-electron chi connectivity index (χ2n) is 13.8. The van der Waals surface area contributed by atoms with Crippen LogP contribution in [0.2, 0.25) is 0 Å². The quantitative estimate of drug-likeness (QED) is 0.186. The van der Waals surface area contributed by atoms with Crippen LogP contribution in [0.25, 0.3) is 88.7 Å². The maximum Gasteiger partial charge on any atom is 0.129 e. The smallest absolute Gasteiger partial charge is 0.129 e. The summed E-state index contributed by atoms with van der Waals surface area (Å²) in [6.07, 6.45) is 0. The summed E-state index contributed by atoms with van der Waals surface area (Å²) in [5.74, 6) is 0. The highest BCUT2D eigenvalue weighted by Gasteiger charge is 2.25. The van der Waals surface area contributed by atoms with Crippen LogP contribution in [0.5, 0.6) is 0 Å². The molecule has 0 aliphatic carbocycles. The van der Waals surface area contributed by atoms with Crippen LogP contribution in [-0.2, 0) is 0 Å². The zero-order valence-corrected chi connectivity index (χ0v) is 29.9. The normalized spacial score (nSPS) is 11.3. The highest BCUT2D eigenvalue weighted by atomic mass is 16.3. The van der Waals surface area contributed by atoms with E-state index in [0.717, 1.165) is 55.6 Å². The third kappa shape index (κ3) is 6.00. The molecule has 0 unspecified atom stereocenters. The van der Waals surface area contributed by atoms with Gasteiger partial charge in [0.25, 0.3) is 0 Å². The molecule has 0 saturated carbocycles. The fraction of sp³-hybridized carbons (Fsp3) is 0. The zero-order chi connectivity index (χ0) is 37.8. The third-order valence-electron chi connectivity index (χ3n) is 10.5. The fourth-order valence-electron chi connectivity index (χ4n) is 7.66. The van der Waals surface area contributed by atoms with E-state index in [1.807, 2.05) is 66.7 Å². The molecule has 0 saturated heterocycles. The van der Waals surface area contributed by atoms with E-state index in [1.165, 1.54) is 0 Å². The molecule has 0 N–H and O–H groups in total. The van der Waals surface area contributed by atoms with Crippen molar-refractivity contribution in [1.82, 2.24) is 0 Å². The Morgan fingerprint density at radius 2 is 0.618 bits per heavy atom. The Morgan fingerprint density at radius 1 is 0.255 bits per heavy atom. The molecule has 0 amide bonds. The van der Waals surface area contributed by atoms with E-state index in [4.69, 9.17) is 51.5 Å². The van der Waals surface area contributed by atoms with Crippen LogP contribution in [0, 0.1) is 0 Å². The molecule has 242 valence electrons. The predicted molar refractivity (Wildman–Crippen MR) is 239 cm³/mol. The topological polar surface area (TPSA) is 13.1 Å². The van der Waals surface area contributed by atoms with E-state index in [-0.39, 0.29) is 21.9 Å². The van der Waals surface area contributed by atoms with Crippen molar-refractivity contribution in [1.29, 1.82) is 0 Å². The van der Waals surface area contributed by atoms with E-state index in [0.29, 0.717) is 44.0 Å². The number of furan rings is 1. The van der Waals surface area contributed by atoms with Crippen LogP contribution in [-0.4, -0.2) is 47.1 Å². The summed E-state index contributed by atoms with van der Waals surface area (Å²) in [6.45, 7) is 0. The summed E-state index contributed by atoms with van der Waals surface area (Å²) in [5, 5.41) is 1.15. The minimum absolute atomic E-state index is 0.158. The van der Waals surface area contributed by atoms with Crippen molar-refractivity contribution in [2.45, 2.75) is 0 Å². The van der Waals surface area contributed by atoms with Crippen LogP contribution >= 0.6 is 0 Å². The van der Waals surface area contributed by atoms with Gasteiger partial charge in [-0.05, 0) is 90.4 Å². The van der Waals surface area contributed by atoms with Gasteiger partial charge >= 0.3 is 0 Å². The van der Waals surface area contributed by atoms with Gasteiger partial charge in [0.05, 0.1) is 0 Å². The lowest BCUT2D eigenvalue weighted by Gasteiger charge is -2.20. The largest absolute Gasteiger partial charge is 0.457 e. The maximum atomic E-state index is 7.32. The van der Waals surface area contributed by atoms with Crippen molar-refractivity contribution in [3.63, 3.8) is 0 Å². The molecule has 0 bridgehead atoms. The van der Waals surface area contributed by atoms with Gasteiger partial charge in [-0.2, -0.15) is 0 Å².